The predicted molar refractivity (Wildman–Crippen MR) is 116 cm³/mol. The fraction of sp³-hybridized carbons (Fsp3) is 0.455. The molecule has 2 aromatic rings. The zero-order chi connectivity index (χ0) is 25.5. The number of nitrogens with zero attached hydrogens (tertiary/aromatic N) is 3. The molecule has 1 aromatic carbocycles. The number of carbonyl (C=O) groups excluding carboxylic acids is 4. The Kier molecular flexibility index (Phi) is 8.29. The van der Waals surface area contributed by atoms with Crippen LogP contribution in [-0.2, 0) is 39.9 Å². The quantitative estimate of drug-likeness (QED) is 0.127. The molecule has 3 rings (SSSR count). The zero-order valence-corrected chi connectivity index (χ0v) is 19.2. The van der Waals surface area contributed by atoms with Gasteiger partial charge in [0.15, 0.2) is 12.4 Å². The second-order valence-electron chi connectivity index (χ2n) is 7.60. The Bertz CT molecular complexity index is 1170. The monoisotopic (exact) mass is 489 g/mol. The molecule has 186 valence electrons. The van der Waals surface area contributed by atoms with Crippen LogP contribution < -0.4 is 4.74 Å². The lowest BCUT2D eigenvalue weighted by Crippen LogP contribution is -2.54. The van der Waals surface area contributed by atoms with E-state index in [1.54, 1.807) is 6.07 Å². The third-order valence-electron chi connectivity index (χ3n) is 4.95. The van der Waals surface area contributed by atoms with Crippen molar-refractivity contribution in [1.29, 1.82) is 0 Å². The Morgan fingerprint density at radius 3 is 2.54 bits per heavy atom. The summed E-state index contributed by atoms with van der Waals surface area (Å²) in [5, 5.41) is 3.87. The maximum absolute atomic E-state index is 11.7. The number of hydrogen-bond acceptors (Lipinski definition) is 11. The Morgan fingerprint density at radius 1 is 1.17 bits per heavy atom. The fourth-order valence-corrected chi connectivity index (χ4v) is 3.66. The minimum Gasteiger partial charge on any atom is -0.464 e. The highest BCUT2D eigenvalue weighted by atomic mass is 16.7. The van der Waals surface area contributed by atoms with Crippen LogP contribution in [0.4, 0.5) is 0 Å². The third-order valence-corrected chi connectivity index (χ3v) is 4.95. The first-order valence-electron chi connectivity index (χ1n) is 10.5. The van der Waals surface area contributed by atoms with Crippen LogP contribution in [-0.4, -0.2) is 55.4 Å². The lowest BCUT2D eigenvalue weighted by molar-refractivity contribution is -0.245. The van der Waals surface area contributed by atoms with Crippen LogP contribution in [0.3, 0.4) is 0 Å². The normalized spacial score (nSPS) is 21.5. The van der Waals surface area contributed by atoms with Crippen LogP contribution in [0.15, 0.2) is 27.7 Å². The van der Waals surface area contributed by atoms with Crippen LogP contribution in [0.5, 0.6) is 5.75 Å². The summed E-state index contributed by atoms with van der Waals surface area (Å²) in [5.41, 5.74) is 9.04. The molecule has 0 bridgehead atoms. The van der Waals surface area contributed by atoms with Crippen molar-refractivity contribution < 1.29 is 47.3 Å². The molecule has 13 nitrogen and oxygen atoms in total. The van der Waals surface area contributed by atoms with Gasteiger partial charge in [-0.25, -0.2) is 0 Å². The molecule has 1 aliphatic heterocycles. The lowest BCUT2D eigenvalue weighted by Gasteiger charge is -2.39. The van der Waals surface area contributed by atoms with E-state index in [2.05, 4.69) is 10.0 Å². The van der Waals surface area contributed by atoms with Crippen molar-refractivity contribution in [3.05, 3.63) is 40.0 Å². The van der Waals surface area contributed by atoms with Gasteiger partial charge in [-0.2, -0.15) is 0 Å². The maximum Gasteiger partial charge on any atom is 0.303 e. The Balaban J connectivity index is 1.93. The number of esters is 3. The molecule has 13 heteroatoms. The molecule has 0 radical (unpaired) electrons. The molecule has 0 spiro atoms. The van der Waals surface area contributed by atoms with E-state index in [1.807, 2.05) is 0 Å². The highest BCUT2D eigenvalue weighted by molar-refractivity contribution is 5.98. The number of ether oxygens (including phenoxy) is 5. The van der Waals surface area contributed by atoms with Gasteiger partial charge in [0.2, 0.25) is 6.29 Å². The summed E-state index contributed by atoms with van der Waals surface area (Å²) in [6, 6.07) is 4.58. The summed E-state index contributed by atoms with van der Waals surface area (Å²) in [7, 11) is 0. The standard InChI is InChI=1S/C22H23N3O10/c1-11(27)30-10-19-22(32-13(3)29)18(31-12(2)28)7-20(35-19)34-17-5-4-14(9-26)21-16(17)6-15(33-21)8-24-25-23/h4-6,9,18-20,22H,7-8,10H2,1-3H3/t18-,19-,20-,22-/m1/s1. The first-order chi connectivity index (χ1) is 16.7. The van der Waals surface area contributed by atoms with Crippen molar-refractivity contribution in [2.75, 3.05) is 6.61 Å². The van der Waals surface area contributed by atoms with Crippen LogP contribution in [0.25, 0.3) is 21.4 Å². The molecule has 1 fully saturated rings. The van der Waals surface area contributed by atoms with Gasteiger partial charge < -0.3 is 28.1 Å². The Morgan fingerprint density at radius 2 is 1.91 bits per heavy atom. The molecule has 0 saturated carbocycles. The van der Waals surface area contributed by atoms with Gasteiger partial charge >= 0.3 is 17.9 Å². The van der Waals surface area contributed by atoms with Gasteiger partial charge in [-0.15, -0.1) is 0 Å². The van der Waals surface area contributed by atoms with E-state index in [0.717, 1.165) is 0 Å². The van der Waals surface area contributed by atoms with Gasteiger partial charge in [0.05, 0.1) is 23.9 Å². The van der Waals surface area contributed by atoms with Crippen molar-refractivity contribution in [3.8, 4) is 5.75 Å². The minimum atomic E-state index is -1.04. The summed E-state index contributed by atoms with van der Waals surface area (Å²) in [4.78, 5) is 48.9. The average Bonchev–Trinajstić information content (AvgIpc) is 3.22. The van der Waals surface area contributed by atoms with Gasteiger partial charge in [-0.05, 0) is 23.7 Å². The Labute approximate surface area is 198 Å². The first-order valence-corrected chi connectivity index (χ1v) is 10.5. The fourth-order valence-electron chi connectivity index (χ4n) is 3.66. The van der Waals surface area contributed by atoms with Gasteiger partial charge in [-0.3, -0.25) is 19.2 Å². The van der Waals surface area contributed by atoms with Gasteiger partial charge in [0, 0.05) is 25.7 Å². The third kappa shape index (κ3) is 6.49. The van der Waals surface area contributed by atoms with Crippen molar-refractivity contribution in [2.24, 2.45) is 5.11 Å². The highest BCUT2D eigenvalue weighted by Gasteiger charge is 2.44. The van der Waals surface area contributed by atoms with E-state index in [4.69, 9.17) is 33.6 Å². The van der Waals surface area contributed by atoms with Crippen molar-refractivity contribution >= 4 is 35.2 Å². The second kappa shape index (κ2) is 11.4. The molecule has 1 aromatic heterocycles. The summed E-state index contributed by atoms with van der Waals surface area (Å²) < 4.78 is 33.3. The van der Waals surface area contributed by atoms with Crippen molar-refractivity contribution in [2.45, 2.75) is 58.3 Å². The number of azide groups is 1. The number of benzene rings is 1. The molecule has 1 aliphatic rings. The molecule has 0 amide bonds. The van der Waals surface area contributed by atoms with Crippen molar-refractivity contribution in [1.82, 2.24) is 0 Å². The van der Waals surface area contributed by atoms with E-state index in [9.17, 15) is 19.2 Å². The molecule has 0 aliphatic carbocycles. The molecule has 1 saturated heterocycles. The number of aldehydes is 1. The molecule has 0 N–H and O–H groups in total. The van der Waals surface area contributed by atoms with Crippen LogP contribution >= 0.6 is 0 Å². The number of hydrogen-bond donors (Lipinski definition) is 0. The SMILES string of the molecule is CC(=O)OC[C@H]1O[C@@H](Oc2ccc(C=O)c3oc(CN=[N+]=[N-])cc23)C[C@@H](OC(C)=O)[C@H]1OC(C)=O. The first kappa shape index (κ1) is 25.5. The molecule has 2 heterocycles. The van der Waals surface area contributed by atoms with Crippen LogP contribution in [0.1, 0.15) is 43.3 Å². The second-order valence-corrected chi connectivity index (χ2v) is 7.60. The molecule has 35 heavy (non-hydrogen) atoms. The number of fused-ring (bicyclic) bond motifs is 1. The van der Waals surface area contributed by atoms with Gasteiger partial charge in [-0.1, -0.05) is 5.11 Å². The zero-order valence-electron chi connectivity index (χ0n) is 19.2. The average molecular weight is 489 g/mol. The Hall–Kier alpha value is -4.09. The molecule has 0 unspecified atom stereocenters. The van der Waals surface area contributed by atoms with E-state index in [1.165, 1.54) is 32.9 Å². The number of furan rings is 1. The number of carbonyl (C=O) groups is 4. The van der Waals surface area contributed by atoms with Gasteiger partial charge in [0.1, 0.15) is 35.9 Å². The highest BCUT2D eigenvalue weighted by Crippen LogP contribution is 2.35. The maximum atomic E-state index is 11.7. The number of rotatable bonds is 9. The van der Waals surface area contributed by atoms with Gasteiger partial charge in [0.25, 0.3) is 0 Å². The summed E-state index contributed by atoms with van der Waals surface area (Å²) >= 11 is 0. The minimum absolute atomic E-state index is 0.0194. The summed E-state index contributed by atoms with van der Waals surface area (Å²) in [6.07, 6.45) is -3.43. The summed E-state index contributed by atoms with van der Waals surface area (Å²) in [6.45, 7) is 3.24. The van der Waals surface area contributed by atoms with E-state index in [0.29, 0.717) is 17.4 Å². The van der Waals surface area contributed by atoms with Crippen LogP contribution in [0, 0.1) is 0 Å². The molecular formula is C22H23N3O10. The van der Waals surface area contributed by atoms with Crippen molar-refractivity contribution in [3.63, 3.8) is 0 Å². The largest absolute Gasteiger partial charge is 0.464 e. The summed E-state index contributed by atoms with van der Waals surface area (Å²) in [5.74, 6) is -1.26. The molecule has 4 atom stereocenters. The lowest BCUT2D eigenvalue weighted by atomic mass is 10.0. The van der Waals surface area contributed by atoms with Crippen LogP contribution in [0.2, 0.25) is 0 Å². The topological polar surface area (TPSA) is 176 Å². The predicted octanol–water partition coefficient (Wildman–Crippen LogP) is 2.98. The smallest absolute Gasteiger partial charge is 0.303 e. The van der Waals surface area contributed by atoms with E-state index >= 15 is 0 Å². The van der Waals surface area contributed by atoms with E-state index < -0.39 is 42.5 Å². The van der Waals surface area contributed by atoms with E-state index in [-0.39, 0.29) is 36.5 Å². The molecular weight excluding hydrogens is 466 g/mol.